The Labute approximate surface area is 173 Å². The van der Waals surface area contributed by atoms with Gasteiger partial charge in [0.25, 0.3) is 0 Å². The van der Waals surface area contributed by atoms with Crippen molar-refractivity contribution in [3.8, 4) is 11.5 Å². The van der Waals surface area contributed by atoms with Gasteiger partial charge in [-0.2, -0.15) is 0 Å². The second kappa shape index (κ2) is 11.0. The number of anilines is 1. The largest absolute Gasteiger partial charge is 0.493 e. The van der Waals surface area contributed by atoms with Crippen LogP contribution in [0.3, 0.4) is 0 Å². The molecule has 0 aromatic heterocycles. The van der Waals surface area contributed by atoms with Crippen molar-refractivity contribution in [1.82, 2.24) is 5.32 Å². The standard InChI is InChI=1S/C20H26N2O8/c1-28-15-8-7-12(9-16(15)30-13-5-3-4-6-13)22-19(25)14(20(26)27)10-17(23)21-11-18(24)29-2/h7-9,13-14H,3-6,10-11H2,1-2H3,(H,21,23)(H,22,25)(H,26,27)/t14-/m0/s1. The van der Waals surface area contributed by atoms with E-state index in [1.165, 1.54) is 7.11 Å². The van der Waals surface area contributed by atoms with Gasteiger partial charge in [-0.1, -0.05) is 0 Å². The summed E-state index contributed by atoms with van der Waals surface area (Å²) in [5.41, 5.74) is 0.315. The molecule has 1 aliphatic rings. The third-order valence-corrected chi connectivity index (χ3v) is 4.69. The first kappa shape index (κ1) is 23.0. The zero-order valence-electron chi connectivity index (χ0n) is 16.9. The molecule has 1 saturated carbocycles. The third kappa shape index (κ3) is 6.64. The van der Waals surface area contributed by atoms with Crippen LogP contribution in [0.15, 0.2) is 18.2 Å². The molecule has 0 bridgehead atoms. The molecular weight excluding hydrogens is 396 g/mol. The molecule has 1 aromatic rings. The predicted molar refractivity (Wildman–Crippen MR) is 105 cm³/mol. The average Bonchev–Trinajstić information content (AvgIpc) is 3.23. The van der Waals surface area contributed by atoms with Crippen LogP contribution < -0.4 is 20.1 Å². The van der Waals surface area contributed by atoms with Crippen LogP contribution in [0, 0.1) is 5.92 Å². The van der Waals surface area contributed by atoms with Crippen LogP contribution >= 0.6 is 0 Å². The molecule has 2 amide bonds. The fourth-order valence-corrected chi connectivity index (χ4v) is 3.05. The molecule has 0 radical (unpaired) electrons. The van der Waals surface area contributed by atoms with Gasteiger partial charge in [-0.05, 0) is 37.8 Å². The number of carboxylic acid groups (broad SMARTS) is 1. The van der Waals surface area contributed by atoms with Crippen molar-refractivity contribution in [2.75, 3.05) is 26.1 Å². The third-order valence-electron chi connectivity index (χ3n) is 4.69. The molecule has 0 aliphatic heterocycles. The fraction of sp³-hybridized carbons (Fsp3) is 0.500. The number of aliphatic carboxylic acids is 1. The normalized spacial score (nSPS) is 14.5. The zero-order valence-corrected chi connectivity index (χ0v) is 16.9. The van der Waals surface area contributed by atoms with Crippen LogP contribution in [0.2, 0.25) is 0 Å². The van der Waals surface area contributed by atoms with E-state index in [4.69, 9.17) is 9.47 Å². The van der Waals surface area contributed by atoms with Gasteiger partial charge < -0.3 is 30.0 Å². The highest BCUT2D eigenvalue weighted by Gasteiger charge is 2.29. The number of carboxylic acids is 1. The highest BCUT2D eigenvalue weighted by Crippen LogP contribution is 2.34. The molecule has 164 valence electrons. The summed E-state index contributed by atoms with van der Waals surface area (Å²) in [5.74, 6) is -4.47. The van der Waals surface area contributed by atoms with Gasteiger partial charge in [-0.3, -0.25) is 19.2 Å². The summed E-state index contributed by atoms with van der Waals surface area (Å²) in [6, 6.07) is 4.72. The molecule has 1 aliphatic carbocycles. The first-order chi connectivity index (χ1) is 14.3. The first-order valence-corrected chi connectivity index (χ1v) is 9.56. The Morgan fingerprint density at radius 3 is 2.43 bits per heavy atom. The smallest absolute Gasteiger partial charge is 0.325 e. The summed E-state index contributed by atoms with van der Waals surface area (Å²) in [7, 11) is 2.66. The number of carbonyl (C=O) groups is 4. The number of amides is 2. The van der Waals surface area contributed by atoms with Crippen LogP contribution in [0.25, 0.3) is 0 Å². The minimum absolute atomic E-state index is 0.0649. The van der Waals surface area contributed by atoms with Crippen LogP contribution in [0.4, 0.5) is 5.69 Å². The van der Waals surface area contributed by atoms with Crippen LogP contribution in [0.1, 0.15) is 32.1 Å². The molecule has 2 rings (SSSR count). The Balaban J connectivity index is 2.04. The topological polar surface area (TPSA) is 140 Å². The molecule has 1 atom stereocenters. The number of nitrogens with one attached hydrogen (secondary N) is 2. The van der Waals surface area contributed by atoms with Crippen molar-refractivity contribution in [3.05, 3.63) is 18.2 Å². The zero-order chi connectivity index (χ0) is 22.1. The summed E-state index contributed by atoms with van der Waals surface area (Å²) in [4.78, 5) is 46.9. The molecular formula is C20H26N2O8. The molecule has 3 N–H and O–H groups in total. The van der Waals surface area contributed by atoms with Crippen molar-refractivity contribution in [3.63, 3.8) is 0 Å². The van der Waals surface area contributed by atoms with Crippen LogP contribution in [-0.2, 0) is 23.9 Å². The van der Waals surface area contributed by atoms with Crippen molar-refractivity contribution in [2.45, 2.75) is 38.2 Å². The number of hydrogen-bond acceptors (Lipinski definition) is 7. The number of hydrogen-bond donors (Lipinski definition) is 3. The second-order valence-corrected chi connectivity index (χ2v) is 6.83. The van der Waals surface area contributed by atoms with Crippen LogP contribution in [0.5, 0.6) is 11.5 Å². The van der Waals surface area contributed by atoms with Gasteiger partial charge in [0.1, 0.15) is 12.5 Å². The van der Waals surface area contributed by atoms with Gasteiger partial charge in [-0.15, -0.1) is 0 Å². The Morgan fingerprint density at radius 2 is 1.83 bits per heavy atom. The van der Waals surface area contributed by atoms with E-state index in [-0.39, 0.29) is 6.10 Å². The molecule has 1 aromatic carbocycles. The lowest BCUT2D eigenvalue weighted by Gasteiger charge is -2.18. The second-order valence-electron chi connectivity index (χ2n) is 6.83. The quantitative estimate of drug-likeness (QED) is 0.379. The SMILES string of the molecule is COC(=O)CNC(=O)C[C@H](C(=O)O)C(=O)Nc1ccc(OC)c(OC2CCCC2)c1. The fourth-order valence-electron chi connectivity index (χ4n) is 3.05. The molecule has 0 spiro atoms. The minimum Gasteiger partial charge on any atom is -0.493 e. The maximum Gasteiger partial charge on any atom is 0.325 e. The summed E-state index contributed by atoms with van der Waals surface area (Å²) in [6.07, 6.45) is 3.47. The van der Waals surface area contributed by atoms with E-state index in [0.29, 0.717) is 17.2 Å². The number of methoxy groups -OCH3 is 2. The lowest BCUT2D eigenvalue weighted by molar-refractivity contribution is -0.148. The van der Waals surface area contributed by atoms with Crippen molar-refractivity contribution < 1.29 is 38.5 Å². The number of rotatable bonds is 10. The summed E-state index contributed by atoms with van der Waals surface area (Å²) in [6.45, 7) is -0.413. The maximum absolute atomic E-state index is 12.5. The van der Waals surface area contributed by atoms with E-state index in [1.807, 2.05) is 0 Å². The van der Waals surface area contributed by atoms with E-state index in [0.717, 1.165) is 32.8 Å². The number of carbonyl (C=O) groups excluding carboxylic acids is 3. The van der Waals surface area contributed by atoms with Crippen molar-refractivity contribution >= 4 is 29.4 Å². The molecule has 0 heterocycles. The Bertz CT molecular complexity index is 789. The van der Waals surface area contributed by atoms with E-state index >= 15 is 0 Å². The van der Waals surface area contributed by atoms with Gasteiger partial charge in [0.15, 0.2) is 11.5 Å². The molecule has 0 saturated heterocycles. The lowest BCUT2D eigenvalue weighted by atomic mass is 10.0. The Morgan fingerprint density at radius 1 is 1.13 bits per heavy atom. The van der Waals surface area contributed by atoms with Gasteiger partial charge in [0.2, 0.25) is 11.8 Å². The molecule has 0 unspecified atom stereocenters. The van der Waals surface area contributed by atoms with E-state index < -0.39 is 42.6 Å². The van der Waals surface area contributed by atoms with Crippen molar-refractivity contribution in [1.29, 1.82) is 0 Å². The molecule has 30 heavy (non-hydrogen) atoms. The van der Waals surface area contributed by atoms with Gasteiger partial charge in [0, 0.05) is 18.2 Å². The predicted octanol–water partition coefficient (Wildman–Crippen LogP) is 1.34. The molecule has 10 nitrogen and oxygen atoms in total. The number of ether oxygens (including phenoxy) is 3. The highest BCUT2D eigenvalue weighted by molar-refractivity contribution is 6.06. The monoisotopic (exact) mass is 422 g/mol. The number of benzene rings is 1. The average molecular weight is 422 g/mol. The Kier molecular flexibility index (Phi) is 8.45. The molecule has 1 fully saturated rings. The van der Waals surface area contributed by atoms with Crippen LogP contribution in [-0.4, -0.2) is 55.7 Å². The van der Waals surface area contributed by atoms with E-state index in [9.17, 15) is 24.3 Å². The molecule has 10 heteroatoms. The summed E-state index contributed by atoms with van der Waals surface area (Å²) < 4.78 is 15.6. The van der Waals surface area contributed by atoms with E-state index in [2.05, 4.69) is 15.4 Å². The van der Waals surface area contributed by atoms with E-state index in [1.54, 1.807) is 18.2 Å². The van der Waals surface area contributed by atoms with Gasteiger partial charge in [0.05, 0.1) is 20.3 Å². The highest BCUT2D eigenvalue weighted by atomic mass is 16.5. The van der Waals surface area contributed by atoms with Crippen molar-refractivity contribution in [2.24, 2.45) is 5.92 Å². The maximum atomic E-state index is 12.5. The van der Waals surface area contributed by atoms with Gasteiger partial charge in [-0.25, -0.2) is 0 Å². The summed E-state index contributed by atoms with van der Waals surface area (Å²) in [5, 5.41) is 14.0. The summed E-state index contributed by atoms with van der Waals surface area (Å²) >= 11 is 0. The Hall–Kier alpha value is -3.30. The number of esters is 1. The minimum atomic E-state index is -1.64. The lowest BCUT2D eigenvalue weighted by Crippen LogP contribution is -2.37. The first-order valence-electron chi connectivity index (χ1n) is 9.56. The van der Waals surface area contributed by atoms with Gasteiger partial charge >= 0.3 is 11.9 Å².